The summed E-state index contributed by atoms with van der Waals surface area (Å²) in [6, 6.07) is 9.79. The number of anilines is 1. The van der Waals surface area contributed by atoms with E-state index < -0.39 is 17.8 Å². The van der Waals surface area contributed by atoms with Gasteiger partial charge in [-0.05, 0) is 37.3 Å². The molecule has 1 unspecified atom stereocenters. The summed E-state index contributed by atoms with van der Waals surface area (Å²) in [6.45, 7) is 1.78. The van der Waals surface area contributed by atoms with E-state index in [1.807, 2.05) is 0 Å². The molecule has 0 radical (unpaired) electrons. The molecule has 0 aromatic heterocycles. The summed E-state index contributed by atoms with van der Waals surface area (Å²) in [5, 5.41) is 12.6. The average molecular weight is 294 g/mol. The molecule has 0 fully saturated rings. The first-order chi connectivity index (χ1) is 9.47. The van der Waals surface area contributed by atoms with Crippen molar-refractivity contribution in [1.82, 2.24) is 0 Å². The largest absolute Gasteiger partial charge is 0.479 e. The van der Waals surface area contributed by atoms with Crippen molar-refractivity contribution in [3.63, 3.8) is 0 Å². The average Bonchev–Trinajstić information content (AvgIpc) is 2.41. The van der Waals surface area contributed by atoms with E-state index in [1.165, 1.54) is 12.1 Å². The lowest BCUT2D eigenvalue weighted by Gasteiger charge is -2.17. The Labute approximate surface area is 121 Å². The standard InChI is InChI=1S/C15H13ClFNO2/c1-9-2-7-13(17)12(8-9)14(15(19)20)18-11-5-3-10(16)4-6-11/h2-8,14,18H,1H3,(H,19,20). The first-order valence-corrected chi connectivity index (χ1v) is 6.36. The van der Waals surface area contributed by atoms with Gasteiger partial charge in [-0.25, -0.2) is 9.18 Å². The Bertz CT molecular complexity index is 628. The molecular formula is C15H13ClFNO2. The van der Waals surface area contributed by atoms with E-state index in [9.17, 15) is 14.3 Å². The number of hydrogen-bond donors (Lipinski definition) is 2. The summed E-state index contributed by atoms with van der Waals surface area (Å²) in [6.07, 6.45) is 0. The van der Waals surface area contributed by atoms with Crippen LogP contribution in [0.25, 0.3) is 0 Å². The zero-order valence-electron chi connectivity index (χ0n) is 10.7. The molecular weight excluding hydrogens is 281 g/mol. The molecule has 5 heteroatoms. The Morgan fingerprint density at radius 2 is 1.90 bits per heavy atom. The van der Waals surface area contributed by atoms with Crippen LogP contribution in [0.2, 0.25) is 5.02 Å². The summed E-state index contributed by atoms with van der Waals surface area (Å²) in [5.41, 5.74) is 1.46. The minimum Gasteiger partial charge on any atom is -0.479 e. The molecule has 0 aliphatic heterocycles. The van der Waals surface area contributed by atoms with Crippen molar-refractivity contribution in [2.24, 2.45) is 0 Å². The molecule has 0 spiro atoms. The van der Waals surface area contributed by atoms with Gasteiger partial charge in [0.2, 0.25) is 0 Å². The number of carboxylic acid groups (broad SMARTS) is 1. The number of aliphatic carboxylic acids is 1. The summed E-state index contributed by atoms with van der Waals surface area (Å²) < 4.78 is 13.8. The number of aryl methyl sites for hydroxylation is 1. The third kappa shape index (κ3) is 3.27. The molecule has 0 amide bonds. The van der Waals surface area contributed by atoms with Crippen molar-refractivity contribution in [3.05, 3.63) is 64.4 Å². The van der Waals surface area contributed by atoms with Gasteiger partial charge in [0, 0.05) is 16.3 Å². The molecule has 0 aliphatic rings. The lowest BCUT2D eigenvalue weighted by molar-refractivity contribution is -0.138. The number of nitrogens with one attached hydrogen (secondary N) is 1. The van der Waals surface area contributed by atoms with E-state index in [-0.39, 0.29) is 5.56 Å². The van der Waals surface area contributed by atoms with Gasteiger partial charge in [0.1, 0.15) is 5.82 Å². The Kier molecular flexibility index (Phi) is 4.25. The normalized spacial score (nSPS) is 11.9. The molecule has 2 rings (SSSR count). The highest BCUT2D eigenvalue weighted by molar-refractivity contribution is 6.30. The van der Waals surface area contributed by atoms with E-state index >= 15 is 0 Å². The SMILES string of the molecule is Cc1ccc(F)c(C(Nc2ccc(Cl)cc2)C(=O)O)c1. The molecule has 0 saturated heterocycles. The van der Waals surface area contributed by atoms with Crippen molar-refractivity contribution in [1.29, 1.82) is 0 Å². The zero-order valence-corrected chi connectivity index (χ0v) is 11.5. The van der Waals surface area contributed by atoms with Crippen LogP contribution in [0, 0.1) is 12.7 Å². The van der Waals surface area contributed by atoms with Crippen molar-refractivity contribution >= 4 is 23.3 Å². The molecule has 0 heterocycles. The third-order valence-electron chi connectivity index (χ3n) is 2.86. The van der Waals surface area contributed by atoms with Gasteiger partial charge in [0.25, 0.3) is 0 Å². The van der Waals surface area contributed by atoms with Gasteiger partial charge in [0.15, 0.2) is 6.04 Å². The van der Waals surface area contributed by atoms with Crippen molar-refractivity contribution in [2.45, 2.75) is 13.0 Å². The van der Waals surface area contributed by atoms with E-state index in [0.29, 0.717) is 10.7 Å². The van der Waals surface area contributed by atoms with Crippen LogP contribution < -0.4 is 5.32 Å². The number of rotatable bonds is 4. The number of hydrogen-bond acceptors (Lipinski definition) is 2. The second kappa shape index (κ2) is 5.92. The minimum absolute atomic E-state index is 0.104. The Hall–Kier alpha value is -2.07. The maximum absolute atomic E-state index is 13.8. The molecule has 104 valence electrons. The fraction of sp³-hybridized carbons (Fsp3) is 0.133. The number of halogens is 2. The van der Waals surface area contributed by atoms with E-state index in [2.05, 4.69) is 5.32 Å². The van der Waals surface area contributed by atoms with E-state index in [4.69, 9.17) is 11.6 Å². The Morgan fingerprint density at radius 3 is 2.50 bits per heavy atom. The van der Waals surface area contributed by atoms with Gasteiger partial charge < -0.3 is 10.4 Å². The van der Waals surface area contributed by atoms with E-state index in [0.717, 1.165) is 5.56 Å². The van der Waals surface area contributed by atoms with Gasteiger partial charge in [0.05, 0.1) is 0 Å². The number of carbonyl (C=O) groups is 1. The molecule has 0 bridgehead atoms. The predicted molar refractivity (Wildman–Crippen MR) is 76.6 cm³/mol. The van der Waals surface area contributed by atoms with Gasteiger partial charge in [-0.3, -0.25) is 0 Å². The first kappa shape index (κ1) is 14.3. The van der Waals surface area contributed by atoms with Crippen LogP contribution in [0.15, 0.2) is 42.5 Å². The second-order valence-corrected chi connectivity index (χ2v) is 4.88. The van der Waals surface area contributed by atoms with Gasteiger partial charge in [-0.1, -0.05) is 29.3 Å². The highest BCUT2D eigenvalue weighted by atomic mass is 35.5. The number of carboxylic acids is 1. The molecule has 1 atom stereocenters. The third-order valence-corrected chi connectivity index (χ3v) is 3.12. The Morgan fingerprint density at radius 1 is 1.25 bits per heavy atom. The fourth-order valence-electron chi connectivity index (χ4n) is 1.87. The molecule has 2 aromatic carbocycles. The summed E-state index contributed by atoms with van der Waals surface area (Å²) in [7, 11) is 0. The summed E-state index contributed by atoms with van der Waals surface area (Å²) in [5.74, 6) is -1.70. The van der Waals surface area contributed by atoms with Gasteiger partial charge in [-0.15, -0.1) is 0 Å². The maximum Gasteiger partial charge on any atom is 0.330 e. The van der Waals surface area contributed by atoms with Crippen molar-refractivity contribution in [3.8, 4) is 0 Å². The maximum atomic E-state index is 13.8. The van der Waals surface area contributed by atoms with Crippen LogP contribution in [-0.2, 0) is 4.79 Å². The molecule has 20 heavy (non-hydrogen) atoms. The van der Waals surface area contributed by atoms with Crippen LogP contribution in [0.3, 0.4) is 0 Å². The van der Waals surface area contributed by atoms with Crippen molar-refractivity contribution < 1.29 is 14.3 Å². The van der Waals surface area contributed by atoms with Gasteiger partial charge >= 0.3 is 5.97 Å². The van der Waals surface area contributed by atoms with Crippen LogP contribution in [0.5, 0.6) is 0 Å². The Balaban J connectivity index is 2.34. The minimum atomic E-state index is -1.16. The monoisotopic (exact) mass is 293 g/mol. The zero-order chi connectivity index (χ0) is 14.7. The van der Waals surface area contributed by atoms with Crippen LogP contribution >= 0.6 is 11.6 Å². The lowest BCUT2D eigenvalue weighted by Crippen LogP contribution is -2.21. The molecule has 2 aromatic rings. The van der Waals surface area contributed by atoms with Gasteiger partial charge in [-0.2, -0.15) is 0 Å². The van der Waals surface area contributed by atoms with Crippen molar-refractivity contribution in [2.75, 3.05) is 5.32 Å². The predicted octanol–water partition coefficient (Wildman–Crippen LogP) is 4.03. The molecule has 0 aliphatic carbocycles. The highest BCUT2D eigenvalue weighted by Gasteiger charge is 2.23. The molecule has 3 nitrogen and oxygen atoms in total. The number of benzene rings is 2. The molecule has 2 N–H and O–H groups in total. The van der Waals surface area contributed by atoms with Crippen LogP contribution in [0.4, 0.5) is 10.1 Å². The van der Waals surface area contributed by atoms with Crippen LogP contribution in [0.1, 0.15) is 17.2 Å². The lowest BCUT2D eigenvalue weighted by atomic mass is 10.0. The van der Waals surface area contributed by atoms with Crippen LogP contribution in [-0.4, -0.2) is 11.1 Å². The molecule has 0 saturated carbocycles. The summed E-state index contributed by atoms with van der Waals surface area (Å²) >= 11 is 5.77. The second-order valence-electron chi connectivity index (χ2n) is 4.45. The fourth-order valence-corrected chi connectivity index (χ4v) is 2.00. The smallest absolute Gasteiger partial charge is 0.330 e. The van der Waals surface area contributed by atoms with E-state index in [1.54, 1.807) is 37.3 Å². The quantitative estimate of drug-likeness (QED) is 0.895. The first-order valence-electron chi connectivity index (χ1n) is 5.98. The topological polar surface area (TPSA) is 49.3 Å². The highest BCUT2D eigenvalue weighted by Crippen LogP contribution is 2.24. The summed E-state index contributed by atoms with van der Waals surface area (Å²) in [4.78, 5) is 11.4.